The number of pyridine rings is 1. The minimum Gasteiger partial charge on any atom is -0.322 e. The number of carbonyl (C=O) groups excluding carboxylic acids is 1. The van der Waals surface area contributed by atoms with Gasteiger partial charge in [-0.25, -0.2) is 4.98 Å². The summed E-state index contributed by atoms with van der Waals surface area (Å²) in [5.41, 5.74) is 2.25. The fourth-order valence-corrected chi connectivity index (χ4v) is 3.26. The summed E-state index contributed by atoms with van der Waals surface area (Å²) in [4.78, 5) is 29.8. The van der Waals surface area contributed by atoms with Crippen LogP contribution in [0.5, 0.6) is 0 Å². The molecule has 0 radical (unpaired) electrons. The molecule has 4 rings (SSSR count). The van der Waals surface area contributed by atoms with E-state index in [1.54, 1.807) is 42.8 Å². The topological polar surface area (TPSA) is 68.4 Å². The van der Waals surface area contributed by atoms with Crippen molar-refractivity contribution >= 4 is 27.9 Å². The van der Waals surface area contributed by atoms with Gasteiger partial charge in [0.05, 0.1) is 5.69 Å². The fourth-order valence-electron chi connectivity index (χ4n) is 2.56. The van der Waals surface area contributed by atoms with E-state index in [4.69, 9.17) is 0 Å². The number of fused-ring (bicyclic) bond motifs is 1. The van der Waals surface area contributed by atoms with Gasteiger partial charge in [-0.3, -0.25) is 14.0 Å². The number of thiazole rings is 1. The Morgan fingerprint density at radius 2 is 1.96 bits per heavy atom. The van der Waals surface area contributed by atoms with E-state index in [1.165, 1.54) is 10.6 Å². The summed E-state index contributed by atoms with van der Waals surface area (Å²) >= 11 is 1.58. The molecule has 1 aromatic carbocycles. The molecule has 0 bridgehead atoms. The average Bonchev–Trinajstić information content (AvgIpc) is 3.20. The van der Waals surface area contributed by atoms with Crippen molar-refractivity contribution in [2.24, 2.45) is 7.05 Å². The largest absolute Gasteiger partial charge is 0.322 e. The number of hydrogen-bond donors (Lipinski definition) is 1. The van der Waals surface area contributed by atoms with E-state index >= 15 is 0 Å². The Kier molecular flexibility index (Phi) is 3.70. The molecule has 0 atom stereocenters. The normalized spacial score (nSPS) is 10.9. The lowest BCUT2D eigenvalue weighted by Gasteiger charge is -2.06. The third-order valence-corrected chi connectivity index (χ3v) is 4.67. The first-order chi connectivity index (χ1) is 12.1. The van der Waals surface area contributed by atoms with E-state index in [1.807, 2.05) is 34.3 Å². The van der Waals surface area contributed by atoms with Crippen molar-refractivity contribution in [3.05, 3.63) is 76.3 Å². The van der Waals surface area contributed by atoms with Crippen molar-refractivity contribution in [1.29, 1.82) is 0 Å². The Labute approximate surface area is 147 Å². The van der Waals surface area contributed by atoms with E-state index in [-0.39, 0.29) is 11.1 Å². The molecule has 124 valence electrons. The number of imidazole rings is 1. The zero-order chi connectivity index (χ0) is 17.4. The van der Waals surface area contributed by atoms with Gasteiger partial charge in [-0.05, 0) is 24.3 Å². The molecular formula is C18H14N4O2S. The molecule has 1 amide bonds. The van der Waals surface area contributed by atoms with Crippen LogP contribution in [0, 0.1) is 0 Å². The molecule has 7 heteroatoms. The number of benzene rings is 1. The van der Waals surface area contributed by atoms with E-state index in [2.05, 4.69) is 10.3 Å². The van der Waals surface area contributed by atoms with Gasteiger partial charge in [0, 0.05) is 42.3 Å². The highest BCUT2D eigenvalue weighted by Gasteiger charge is 2.11. The summed E-state index contributed by atoms with van der Waals surface area (Å²) in [6, 6.07) is 10.6. The Balaban J connectivity index is 1.56. The van der Waals surface area contributed by atoms with Crippen molar-refractivity contribution in [3.63, 3.8) is 0 Å². The zero-order valence-electron chi connectivity index (χ0n) is 13.3. The third kappa shape index (κ3) is 2.85. The highest BCUT2D eigenvalue weighted by molar-refractivity contribution is 7.15. The Morgan fingerprint density at radius 1 is 1.16 bits per heavy atom. The number of nitrogens with zero attached hydrogens (tertiary/aromatic N) is 3. The quantitative estimate of drug-likeness (QED) is 0.617. The molecule has 3 heterocycles. The second kappa shape index (κ2) is 6.03. The van der Waals surface area contributed by atoms with Crippen LogP contribution in [0.2, 0.25) is 0 Å². The maximum Gasteiger partial charge on any atom is 0.263 e. The first-order valence-electron chi connectivity index (χ1n) is 7.61. The molecule has 25 heavy (non-hydrogen) atoms. The van der Waals surface area contributed by atoms with Gasteiger partial charge >= 0.3 is 0 Å². The van der Waals surface area contributed by atoms with E-state index in [9.17, 15) is 9.59 Å². The SMILES string of the molecule is Cn1cccc(C(=O)Nc2ccc(-c3cn4ccsc4n3)cc2)c1=O. The number of carbonyl (C=O) groups is 1. The van der Waals surface area contributed by atoms with Gasteiger partial charge in [0.25, 0.3) is 11.5 Å². The van der Waals surface area contributed by atoms with Gasteiger partial charge in [0.15, 0.2) is 4.96 Å². The summed E-state index contributed by atoms with van der Waals surface area (Å²) < 4.78 is 3.35. The van der Waals surface area contributed by atoms with E-state index < -0.39 is 5.91 Å². The molecule has 0 aliphatic heterocycles. The fraction of sp³-hybridized carbons (Fsp3) is 0.0556. The van der Waals surface area contributed by atoms with Gasteiger partial charge < -0.3 is 9.88 Å². The predicted octanol–water partition coefficient (Wildman–Crippen LogP) is 3.01. The first kappa shape index (κ1) is 15.3. The summed E-state index contributed by atoms with van der Waals surface area (Å²) in [6.07, 6.45) is 5.54. The van der Waals surface area contributed by atoms with Crippen LogP contribution in [-0.2, 0) is 7.05 Å². The second-order valence-electron chi connectivity index (χ2n) is 5.59. The van der Waals surface area contributed by atoms with Gasteiger partial charge in [0.1, 0.15) is 5.56 Å². The van der Waals surface area contributed by atoms with Gasteiger partial charge in [0.2, 0.25) is 0 Å². The number of amides is 1. The maximum atomic E-state index is 12.3. The van der Waals surface area contributed by atoms with Crippen LogP contribution in [0.4, 0.5) is 5.69 Å². The van der Waals surface area contributed by atoms with Crippen LogP contribution in [-0.4, -0.2) is 19.9 Å². The minimum absolute atomic E-state index is 0.114. The summed E-state index contributed by atoms with van der Waals surface area (Å²) in [7, 11) is 1.61. The number of nitrogens with one attached hydrogen (secondary N) is 1. The Bertz CT molecular complexity index is 1090. The molecule has 0 unspecified atom stereocenters. The summed E-state index contributed by atoms with van der Waals surface area (Å²) in [5.74, 6) is -0.420. The monoisotopic (exact) mass is 350 g/mol. The molecule has 6 nitrogen and oxygen atoms in total. The van der Waals surface area contributed by atoms with Crippen LogP contribution in [0.25, 0.3) is 16.2 Å². The van der Waals surface area contributed by atoms with Crippen molar-refractivity contribution in [2.45, 2.75) is 0 Å². The van der Waals surface area contributed by atoms with E-state index in [0.29, 0.717) is 5.69 Å². The second-order valence-corrected chi connectivity index (χ2v) is 6.46. The summed E-state index contributed by atoms with van der Waals surface area (Å²) in [5, 5.41) is 4.74. The number of hydrogen-bond acceptors (Lipinski definition) is 4. The van der Waals surface area contributed by atoms with Crippen LogP contribution >= 0.6 is 11.3 Å². The highest BCUT2D eigenvalue weighted by atomic mass is 32.1. The Hall–Kier alpha value is -3.19. The van der Waals surface area contributed by atoms with Crippen LogP contribution in [0.1, 0.15) is 10.4 Å². The van der Waals surface area contributed by atoms with Crippen LogP contribution in [0.3, 0.4) is 0 Å². The standard InChI is InChI=1S/C18H14N4O2S/c1-21-8-2-3-14(17(21)24)16(23)19-13-6-4-12(5-7-13)15-11-22-9-10-25-18(22)20-15/h2-11H,1H3,(H,19,23). The molecule has 0 aliphatic carbocycles. The van der Waals surface area contributed by atoms with Gasteiger partial charge in [-0.1, -0.05) is 12.1 Å². The van der Waals surface area contributed by atoms with Crippen molar-refractivity contribution in [2.75, 3.05) is 5.32 Å². The number of aryl methyl sites for hydroxylation is 1. The molecule has 1 N–H and O–H groups in total. The van der Waals surface area contributed by atoms with Crippen molar-refractivity contribution in [1.82, 2.24) is 14.0 Å². The van der Waals surface area contributed by atoms with E-state index in [0.717, 1.165) is 16.2 Å². The maximum absolute atomic E-state index is 12.3. The van der Waals surface area contributed by atoms with Crippen LogP contribution < -0.4 is 10.9 Å². The zero-order valence-corrected chi connectivity index (χ0v) is 14.2. The minimum atomic E-state index is -0.420. The number of rotatable bonds is 3. The van der Waals surface area contributed by atoms with Crippen molar-refractivity contribution < 1.29 is 4.79 Å². The van der Waals surface area contributed by atoms with Crippen LogP contribution in [0.15, 0.2) is 65.2 Å². The molecule has 4 aromatic rings. The number of aromatic nitrogens is 3. The lowest BCUT2D eigenvalue weighted by molar-refractivity contribution is 0.102. The predicted molar refractivity (Wildman–Crippen MR) is 98.1 cm³/mol. The molecule has 0 saturated heterocycles. The molecule has 0 fully saturated rings. The molecule has 3 aromatic heterocycles. The molecule has 0 saturated carbocycles. The van der Waals surface area contributed by atoms with Gasteiger partial charge in [-0.2, -0.15) is 0 Å². The molecular weight excluding hydrogens is 336 g/mol. The molecule has 0 aliphatic rings. The third-order valence-electron chi connectivity index (χ3n) is 3.90. The number of anilines is 1. The first-order valence-corrected chi connectivity index (χ1v) is 8.49. The Morgan fingerprint density at radius 3 is 2.72 bits per heavy atom. The lowest BCUT2D eigenvalue weighted by atomic mass is 10.1. The van der Waals surface area contributed by atoms with Gasteiger partial charge in [-0.15, -0.1) is 11.3 Å². The average molecular weight is 350 g/mol. The molecule has 0 spiro atoms. The lowest BCUT2D eigenvalue weighted by Crippen LogP contribution is -2.26. The highest BCUT2D eigenvalue weighted by Crippen LogP contribution is 2.23. The summed E-state index contributed by atoms with van der Waals surface area (Å²) in [6.45, 7) is 0. The smallest absolute Gasteiger partial charge is 0.263 e. The van der Waals surface area contributed by atoms with Crippen molar-refractivity contribution in [3.8, 4) is 11.3 Å².